The number of likely N-dealkylation sites (tertiary alicyclic amines) is 1. The number of nitrogens with zero attached hydrogens (tertiary/aromatic N) is 3. The Morgan fingerprint density at radius 2 is 1.87 bits per heavy atom. The van der Waals surface area contributed by atoms with Crippen molar-refractivity contribution in [1.82, 2.24) is 15.1 Å². The highest BCUT2D eigenvalue weighted by molar-refractivity contribution is 5.54. The van der Waals surface area contributed by atoms with Crippen molar-refractivity contribution >= 4 is 6.01 Å². The number of nitrogens with one attached hydrogen (secondary N) is 1. The molecule has 0 aliphatic carbocycles. The Labute approximate surface area is 136 Å². The number of ether oxygens (including phenoxy) is 1. The molecule has 1 aliphatic heterocycles. The molecule has 2 aromatic rings. The molecule has 0 amide bonds. The Hall–Kier alpha value is -2.08. The van der Waals surface area contributed by atoms with Gasteiger partial charge in [0.15, 0.2) is 0 Å². The molecule has 1 aliphatic rings. The SMILES string of the molecule is COc1ccc(-c2nnc(NC3CCN(C(C)C)CC3)o2)cc1. The molecule has 2 heterocycles. The zero-order chi connectivity index (χ0) is 16.2. The molecule has 6 nitrogen and oxygen atoms in total. The van der Waals surface area contributed by atoms with E-state index in [9.17, 15) is 0 Å². The number of methoxy groups -OCH3 is 1. The van der Waals surface area contributed by atoms with Gasteiger partial charge in [-0.3, -0.25) is 0 Å². The van der Waals surface area contributed by atoms with E-state index in [0.29, 0.717) is 24.0 Å². The highest BCUT2D eigenvalue weighted by Crippen LogP contribution is 2.24. The van der Waals surface area contributed by atoms with Gasteiger partial charge >= 0.3 is 6.01 Å². The van der Waals surface area contributed by atoms with Crippen LogP contribution in [0.1, 0.15) is 26.7 Å². The van der Waals surface area contributed by atoms with Gasteiger partial charge < -0.3 is 19.4 Å². The van der Waals surface area contributed by atoms with E-state index in [1.165, 1.54) is 0 Å². The molecule has 0 radical (unpaired) electrons. The standard InChI is InChI=1S/C17H24N4O2/c1-12(2)21-10-8-14(9-11-21)18-17-20-19-16(23-17)13-4-6-15(22-3)7-5-13/h4-7,12,14H,8-11H2,1-3H3,(H,18,20). The minimum Gasteiger partial charge on any atom is -0.497 e. The number of benzene rings is 1. The summed E-state index contributed by atoms with van der Waals surface area (Å²) >= 11 is 0. The number of anilines is 1. The molecule has 124 valence electrons. The third-order valence-corrected chi connectivity index (χ3v) is 4.35. The van der Waals surface area contributed by atoms with Gasteiger partial charge in [0.05, 0.1) is 7.11 Å². The maximum absolute atomic E-state index is 5.73. The van der Waals surface area contributed by atoms with Crippen molar-refractivity contribution < 1.29 is 9.15 Å². The van der Waals surface area contributed by atoms with Crippen LogP contribution in [0.15, 0.2) is 28.7 Å². The second-order valence-corrected chi connectivity index (χ2v) is 6.19. The van der Waals surface area contributed by atoms with Gasteiger partial charge in [-0.2, -0.15) is 0 Å². The molecule has 6 heteroatoms. The summed E-state index contributed by atoms with van der Waals surface area (Å²) in [6.45, 7) is 6.70. The van der Waals surface area contributed by atoms with Crippen molar-refractivity contribution in [3.63, 3.8) is 0 Å². The fourth-order valence-electron chi connectivity index (χ4n) is 2.87. The minimum atomic E-state index is 0.397. The number of aromatic nitrogens is 2. The van der Waals surface area contributed by atoms with E-state index in [2.05, 4.69) is 34.3 Å². The van der Waals surface area contributed by atoms with Crippen LogP contribution in [0.4, 0.5) is 6.01 Å². The largest absolute Gasteiger partial charge is 0.497 e. The van der Waals surface area contributed by atoms with E-state index >= 15 is 0 Å². The third-order valence-electron chi connectivity index (χ3n) is 4.35. The molecule has 1 saturated heterocycles. The molecule has 23 heavy (non-hydrogen) atoms. The van der Waals surface area contributed by atoms with Gasteiger partial charge in [0, 0.05) is 30.7 Å². The molecule has 0 bridgehead atoms. The van der Waals surface area contributed by atoms with Crippen LogP contribution < -0.4 is 10.1 Å². The van der Waals surface area contributed by atoms with Gasteiger partial charge in [-0.05, 0) is 51.0 Å². The lowest BCUT2D eigenvalue weighted by Crippen LogP contribution is -2.42. The normalized spacial score (nSPS) is 16.7. The molecular weight excluding hydrogens is 292 g/mol. The van der Waals surface area contributed by atoms with Gasteiger partial charge in [-0.15, -0.1) is 5.10 Å². The lowest BCUT2D eigenvalue weighted by Gasteiger charge is -2.34. The second kappa shape index (κ2) is 7.00. The fraction of sp³-hybridized carbons (Fsp3) is 0.529. The zero-order valence-electron chi connectivity index (χ0n) is 14.0. The summed E-state index contributed by atoms with van der Waals surface area (Å²) in [5.41, 5.74) is 0.890. The van der Waals surface area contributed by atoms with Crippen molar-refractivity contribution in [2.75, 3.05) is 25.5 Å². The van der Waals surface area contributed by atoms with Crippen molar-refractivity contribution in [2.24, 2.45) is 0 Å². The maximum atomic E-state index is 5.73. The van der Waals surface area contributed by atoms with Crippen molar-refractivity contribution in [3.8, 4) is 17.2 Å². The monoisotopic (exact) mass is 316 g/mol. The minimum absolute atomic E-state index is 0.397. The Morgan fingerprint density at radius 1 is 1.17 bits per heavy atom. The predicted octanol–water partition coefficient (Wildman–Crippen LogP) is 3.03. The van der Waals surface area contributed by atoms with Gasteiger partial charge in [-0.25, -0.2) is 0 Å². The van der Waals surface area contributed by atoms with Crippen LogP contribution in [-0.4, -0.2) is 47.4 Å². The molecule has 0 saturated carbocycles. The van der Waals surface area contributed by atoms with Gasteiger partial charge in [0.1, 0.15) is 5.75 Å². The smallest absolute Gasteiger partial charge is 0.315 e. The van der Waals surface area contributed by atoms with E-state index < -0.39 is 0 Å². The lowest BCUT2D eigenvalue weighted by molar-refractivity contribution is 0.176. The van der Waals surface area contributed by atoms with Crippen molar-refractivity contribution in [3.05, 3.63) is 24.3 Å². The van der Waals surface area contributed by atoms with Crippen molar-refractivity contribution in [1.29, 1.82) is 0 Å². The topological polar surface area (TPSA) is 63.4 Å². The summed E-state index contributed by atoms with van der Waals surface area (Å²) in [5, 5.41) is 11.6. The first kappa shape index (κ1) is 15.8. The maximum Gasteiger partial charge on any atom is 0.315 e. The number of hydrogen-bond donors (Lipinski definition) is 1. The molecule has 1 fully saturated rings. The zero-order valence-corrected chi connectivity index (χ0v) is 14.0. The van der Waals surface area contributed by atoms with Crippen LogP contribution in [0, 0.1) is 0 Å². The number of piperidine rings is 1. The third kappa shape index (κ3) is 3.82. The van der Waals surface area contributed by atoms with Crippen LogP contribution in [0.2, 0.25) is 0 Å². The lowest BCUT2D eigenvalue weighted by atomic mass is 10.0. The number of rotatable bonds is 5. The van der Waals surface area contributed by atoms with E-state index in [-0.39, 0.29) is 0 Å². The van der Waals surface area contributed by atoms with E-state index in [1.807, 2.05) is 24.3 Å². The summed E-state index contributed by atoms with van der Waals surface area (Å²) in [6, 6.07) is 9.10. The average Bonchev–Trinajstić information content (AvgIpc) is 3.04. The van der Waals surface area contributed by atoms with Gasteiger partial charge in [-0.1, -0.05) is 5.10 Å². The van der Waals surface area contributed by atoms with Gasteiger partial charge in [0.2, 0.25) is 5.89 Å². The molecule has 0 unspecified atom stereocenters. The Kier molecular flexibility index (Phi) is 4.81. The highest BCUT2D eigenvalue weighted by Gasteiger charge is 2.22. The van der Waals surface area contributed by atoms with Crippen LogP contribution in [0.25, 0.3) is 11.5 Å². The quantitative estimate of drug-likeness (QED) is 0.915. The molecule has 0 atom stereocenters. The van der Waals surface area contributed by atoms with E-state index in [0.717, 1.165) is 37.2 Å². The summed E-state index contributed by atoms with van der Waals surface area (Å²) < 4.78 is 10.9. The first-order valence-corrected chi connectivity index (χ1v) is 8.14. The summed E-state index contributed by atoms with van der Waals surface area (Å²) in [4.78, 5) is 2.49. The Bertz CT molecular complexity index is 616. The van der Waals surface area contributed by atoms with Crippen LogP contribution >= 0.6 is 0 Å². The average molecular weight is 316 g/mol. The predicted molar refractivity (Wildman–Crippen MR) is 89.6 cm³/mol. The summed E-state index contributed by atoms with van der Waals surface area (Å²) in [6.07, 6.45) is 2.19. The Morgan fingerprint density at radius 3 is 2.48 bits per heavy atom. The molecule has 1 aromatic carbocycles. The molecule has 0 spiro atoms. The summed E-state index contributed by atoms with van der Waals surface area (Å²) in [5.74, 6) is 1.33. The first-order valence-electron chi connectivity index (χ1n) is 8.14. The van der Waals surface area contributed by atoms with Crippen molar-refractivity contribution in [2.45, 2.75) is 38.8 Å². The van der Waals surface area contributed by atoms with E-state index in [1.54, 1.807) is 7.11 Å². The highest BCUT2D eigenvalue weighted by atomic mass is 16.5. The fourth-order valence-corrected chi connectivity index (χ4v) is 2.87. The number of hydrogen-bond acceptors (Lipinski definition) is 6. The molecule has 1 N–H and O–H groups in total. The summed E-state index contributed by atoms with van der Waals surface area (Å²) in [7, 11) is 1.65. The molecule has 3 rings (SSSR count). The van der Waals surface area contributed by atoms with Crippen LogP contribution in [0.3, 0.4) is 0 Å². The van der Waals surface area contributed by atoms with Gasteiger partial charge in [0.25, 0.3) is 0 Å². The van der Waals surface area contributed by atoms with Crippen LogP contribution in [-0.2, 0) is 0 Å². The molecular formula is C17H24N4O2. The second-order valence-electron chi connectivity index (χ2n) is 6.19. The van der Waals surface area contributed by atoms with E-state index in [4.69, 9.17) is 9.15 Å². The van der Waals surface area contributed by atoms with Crippen LogP contribution in [0.5, 0.6) is 5.75 Å². The Balaban J connectivity index is 1.59. The molecule has 1 aromatic heterocycles. The first-order chi connectivity index (χ1) is 11.2.